The molecule has 4 heteroatoms. The molecule has 0 bridgehead atoms. The zero-order chi connectivity index (χ0) is 13.3. The van der Waals surface area contributed by atoms with Crippen LogP contribution >= 0.6 is 34.7 Å². The standard InChI is InChI=1S/C15H18ClNS2/c16-14-5-3-13(4-6-14)12-18-11-9-17-8-7-15-2-1-10-19-15/h1-6,10,17H,7-9,11-12H2. The highest BCUT2D eigenvalue weighted by Gasteiger charge is 1.95. The molecule has 1 aromatic heterocycles. The van der Waals surface area contributed by atoms with E-state index in [1.165, 1.54) is 10.4 Å². The summed E-state index contributed by atoms with van der Waals surface area (Å²) >= 11 is 9.65. The molecule has 0 aliphatic carbocycles. The lowest BCUT2D eigenvalue weighted by Gasteiger charge is -2.04. The first kappa shape index (κ1) is 14.9. The summed E-state index contributed by atoms with van der Waals surface area (Å²) in [6.45, 7) is 2.14. The van der Waals surface area contributed by atoms with Crippen LogP contribution in [0.25, 0.3) is 0 Å². The van der Waals surface area contributed by atoms with Crippen LogP contribution in [0, 0.1) is 0 Å². The Bertz CT molecular complexity index is 454. The SMILES string of the molecule is Clc1ccc(CSCCNCCc2cccs2)cc1. The zero-order valence-electron chi connectivity index (χ0n) is 10.8. The summed E-state index contributed by atoms with van der Waals surface area (Å²) in [5.74, 6) is 2.21. The smallest absolute Gasteiger partial charge is 0.0406 e. The van der Waals surface area contributed by atoms with Gasteiger partial charge in [0.2, 0.25) is 0 Å². The van der Waals surface area contributed by atoms with Gasteiger partial charge in [0.15, 0.2) is 0 Å². The number of hydrogen-bond acceptors (Lipinski definition) is 3. The van der Waals surface area contributed by atoms with Crippen molar-refractivity contribution < 1.29 is 0 Å². The molecule has 19 heavy (non-hydrogen) atoms. The molecule has 0 fully saturated rings. The van der Waals surface area contributed by atoms with Crippen molar-refractivity contribution in [1.82, 2.24) is 5.32 Å². The van der Waals surface area contributed by atoms with Crippen LogP contribution in [0.15, 0.2) is 41.8 Å². The van der Waals surface area contributed by atoms with E-state index in [-0.39, 0.29) is 0 Å². The number of thiophene rings is 1. The third-order valence-electron chi connectivity index (χ3n) is 2.73. The highest BCUT2D eigenvalue weighted by atomic mass is 35.5. The van der Waals surface area contributed by atoms with E-state index < -0.39 is 0 Å². The Morgan fingerprint density at radius 2 is 1.95 bits per heavy atom. The fraction of sp³-hybridized carbons (Fsp3) is 0.333. The van der Waals surface area contributed by atoms with Crippen LogP contribution < -0.4 is 5.32 Å². The van der Waals surface area contributed by atoms with E-state index in [1.807, 2.05) is 35.2 Å². The largest absolute Gasteiger partial charge is 0.316 e. The molecule has 0 saturated heterocycles. The first-order valence-corrected chi connectivity index (χ1v) is 8.81. The maximum Gasteiger partial charge on any atom is 0.0406 e. The summed E-state index contributed by atoms with van der Waals surface area (Å²) in [5, 5.41) is 6.43. The monoisotopic (exact) mass is 311 g/mol. The maximum atomic E-state index is 5.86. The molecule has 1 N–H and O–H groups in total. The molecule has 1 aromatic carbocycles. The number of thioether (sulfide) groups is 1. The second-order valence-electron chi connectivity index (χ2n) is 4.26. The van der Waals surface area contributed by atoms with Gasteiger partial charge in [-0.25, -0.2) is 0 Å². The molecule has 0 aliphatic heterocycles. The van der Waals surface area contributed by atoms with E-state index in [4.69, 9.17) is 11.6 Å². The molecule has 0 saturated carbocycles. The summed E-state index contributed by atoms with van der Waals surface area (Å²) in [5.41, 5.74) is 1.34. The van der Waals surface area contributed by atoms with E-state index in [2.05, 4.69) is 35.0 Å². The van der Waals surface area contributed by atoms with Crippen LogP contribution in [-0.2, 0) is 12.2 Å². The van der Waals surface area contributed by atoms with Gasteiger partial charge in [0.25, 0.3) is 0 Å². The molecule has 2 aromatic rings. The summed E-state index contributed by atoms with van der Waals surface area (Å²) in [6.07, 6.45) is 1.14. The van der Waals surface area contributed by atoms with Crippen molar-refractivity contribution in [1.29, 1.82) is 0 Å². The fourth-order valence-corrected chi connectivity index (χ4v) is 3.40. The van der Waals surface area contributed by atoms with Gasteiger partial charge >= 0.3 is 0 Å². The van der Waals surface area contributed by atoms with Gasteiger partial charge in [-0.05, 0) is 42.1 Å². The van der Waals surface area contributed by atoms with E-state index >= 15 is 0 Å². The minimum atomic E-state index is 0.809. The Labute approximate surface area is 128 Å². The summed E-state index contributed by atoms with van der Waals surface area (Å²) in [7, 11) is 0. The molecule has 2 rings (SSSR count). The first-order valence-electron chi connectivity index (χ1n) is 6.40. The molecule has 1 heterocycles. The van der Waals surface area contributed by atoms with Gasteiger partial charge in [-0.1, -0.05) is 29.8 Å². The Morgan fingerprint density at radius 3 is 2.68 bits per heavy atom. The molecule has 0 spiro atoms. The number of hydrogen-bond donors (Lipinski definition) is 1. The lowest BCUT2D eigenvalue weighted by molar-refractivity contribution is 0.725. The lowest BCUT2D eigenvalue weighted by atomic mass is 10.2. The molecular formula is C15H18ClNS2. The maximum absolute atomic E-state index is 5.86. The molecular weight excluding hydrogens is 294 g/mol. The van der Waals surface area contributed by atoms with Crippen molar-refractivity contribution in [3.8, 4) is 0 Å². The predicted molar refractivity (Wildman–Crippen MR) is 88.5 cm³/mol. The van der Waals surface area contributed by atoms with E-state index in [0.717, 1.165) is 36.0 Å². The first-order chi connectivity index (χ1) is 9.34. The number of halogens is 1. The number of nitrogens with one attached hydrogen (secondary N) is 1. The average Bonchev–Trinajstić information content (AvgIpc) is 2.93. The van der Waals surface area contributed by atoms with Crippen molar-refractivity contribution in [2.45, 2.75) is 12.2 Å². The van der Waals surface area contributed by atoms with Gasteiger partial charge in [-0.3, -0.25) is 0 Å². The fourth-order valence-electron chi connectivity index (χ4n) is 1.71. The summed E-state index contributed by atoms with van der Waals surface area (Å²) < 4.78 is 0. The summed E-state index contributed by atoms with van der Waals surface area (Å²) in [6, 6.07) is 12.4. The van der Waals surface area contributed by atoms with Gasteiger partial charge in [-0.15, -0.1) is 11.3 Å². The van der Waals surface area contributed by atoms with E-state index in [0.29, 0.717) is 0 Å². The quantitative estimate of drug-likeness (QED) is 0.722. The van der Waals surface area contributed by atoms with Crippen molar-refractivity contribution in [2.75, 3.05) is 18.8 Å². The highest BCUT2D eigenvalue weighted by molar-refractivity contribution is 7.98. The van der Waals surface area contributed by atoms with Crippen LogP contribution in [-0.4, -0.2) is 18.8 Å². The Kier molecular flexibility index (Phi) is 6.79. The molecule has 102 valence electrons. The minimum absolute atomic E-state index is 0.809. The summed E-state index contributed by atoms with van der Waals surface area (Å²) in [4.78, 5) is 1.46. The van der Waals surface area contributed by atoms with Crippen LogP contribution in [0.4, 0.5) is 0 Å². The molecule has 0 atom stereocenters. The minimum Gasteiger partial charge on any atom is -0.316 e. The van der Waals surface area contributed by atoms with Gasteiger partial charge in [-0.2, -0.15) is 11.8 Å². The second kappa shape index (κ2) is 8.64. The van der Waals surface area contributed by atoms with Crippen LogP contribution in [0.2, 0.25) is 5.02 Å². The number of rotatable bonds is 8. The van der Waals surface area contributed by atoms with Crippen LogP contribution in [0.1, 0.15) is 10.4 Å². The Hall–Kier alpha value is -0.480. The third kappa shape index (κ3) is 6.00. The second-order valence-corrected chi connectivity index (χ2v) is 6.83. The van der Waals surface area contributed by atoms with Gasteiger partial charge in [0, 0.05) is 28.0 Å². The molecule has 1 nitrogen and oxygen atoms in total. The number of benzene rings is 1. The van der Waals surface area contributed by atoms with E-state index in [9.17, 15) is 0 Å². The van der Waals surface area contributed by atoms with Crippen LogP contribution in [0.3, 0.4) is 0 Å². The van der Waals surface area contributed by atoms with Crippen LogP contribution in [0.5, 0.6) is 0 Å². The van der Waals surface area contributed by atoms with E-state index in [1.54, 1.807) is 0 Å². The topological polar surface area (TPSA) is 12.0 Å². The molecule has 0 amide bonds. The van der Waals surface area contributed by atoms with Gasteiger partial charge in [0.05, 0.1) is 0 Å². The lowest BCUT2D eigenvalue weighted by Crippen LogP contribution is -2.19. The predicted octanol–water partition coefficient (Wildman–Crippen LogP) is 4.47. The zero-order valence-corrected chi connectivity index (χ0v) is 13.2. The normalized spacial score (nSPS) is 10.8. The molecule has 0 unspecified atom stereocenters. The molecule has 0 aliphatic rings. The van der Waals surface area contributed by atoms with Crippen molar-refractivity contribution >= 4 is 34.7 Å². The Balaban J connectivity index is 1.49. The third-order valence-corrected chi connectivity index (χ3v) is 4.95. The Morgan fingerprint density at radius 1 is 1.11 bits per heavy atom. The van der Waals surface area contributed by atoms with Crippen molar-refractivity contribution in [2.24, 2.45) is 0 Å². The molecule has 0 radical (unpaired) electrons. The average molecular weight is 312 g/mol. The van der Waals surface area contributed by atoms with Gasteiger partial charge in [0.1, 0.15) is 0 Å². The highest BCUT2D eigenvalue weighted by Crippen LogP contribution is 2.15. The van der Waals surface area contributed by atoms with Crippen molar-refractivity contribution in [3.05, 3.63) is 57.2 Å². The van der Waals surface area contributed by atoms with Gasteiger partial charge < -0.3 is 5.32 Å². The van der Waals surface area contributed by atoms with Crippen molar-refractivity contribution in [3.63, 3.8) is 0 Å².